The number of hydrogen-bond donors (Lipinski definition) is 0. The highest BCUT2D eigenvalue weighted by atomic mass is 32.2. The maximum absolute atomic E-state index is 4.38. The van der Waals surface area contributed by atoms with Gasteiger partial charge in [0.1, 0.15) is 0 Å². The lowest BCUT2D eigenvalue weighted by molar-refractivity contribution is 1.04. The fourth-order valence-electron chi connectivity index (χ4n) is 0.862. The van der Waals surface area contributed by atoms with Crippen molar-refractivity contribution in [3.63, 3.8) is 0 Å². The molecule has 0 aliphatic carbocycles. The van der Waals surface area contributed by atoms with Crippen LogP contribution in [0.5, 0.6) is 0 Å². The lowest BCUT2D eigenvalue weighted by atomic mass is 10.7. The van der Waals surface area contributed by atoms with Gasteiger partial charge in [-0.2, -0.15) is 0 Å². The Hall–Kier alpha value is 0.370. The topological polar surface area (TPSA) is 12.4 Å². The maximum atomic E-state index is 4.38. The third-order valence-electron chi connectivity index (χ3n) is 1.09. The lowest BCUT2D eigenvalue weighted by Gasteiger charge is -2.19. The molecule has 0 radical (unpaired) electrons. The molecule has 1 heterocycles. The van der Waals surface area contributed by atoms with E-state index in [9.17, 15) is 0 Å². The average molecular weight is 161 g/mol. The van der Waals surface area contributed by atoms with Crippen molar-refractivity contribution >= 4 is 28.6 Å². The van der Waals surface area contributed by atoms with E-state index in [0.717, 1.165) is 0 Å². The van der Waals surface area contributed by atoms with E-state index < -0.39 is 0 Å². The fourth-order valence-corrected chi connectivity index (χ4v) is 3.52. The van der Waals surface area contributed by atoms with Gasteiger partial charge in [-0.3, -0.25) is 4.99 Å². The predicted octanol–water partition coefficient (Wildman–Crippen LogP) is 2.58. The van der Waals surface area contributed by atoms with Crippen molar-refractivity contribution in [2.24, 2.45) is 4.99 Å². The van der Waals surface area contributed by atoms with E-state index in [1.54, 1.807) is 0 Å². The summed E-state index contributed by atoms with van der Waals surface area (Å²) >= 11 is 3.78. The van der Waals surface area contributed by atoms with Crippen molar-refractivity contribution in [2.45, 2.75) is 30.7 Å². The molecule has 9 heavy (non-hydrogen) atoms. The van der Waals surface area contributed by atoms with Crippen LogP contribution in [0.3, 0.4) is 0 Å². The first kappa shape index (κ1) is 7.48. The van der Waals surface area contributed by atoms with E-state index in [1.165, 1.54) is 5.04 Å². The molecular formula is C6H11NS2. The van der Waals surface area contributed by atoms with E-state index in [1.807, 2.05) is 23.5 Å². The first-order chi connectivity index (χ1) is 4.18. The van der Waals surface area contributed by atoms with Crippen molar-refractivity contribution in [3.8, 4) is 0 Å². The smallest absolute Gasteiger partial charge is 0.0943 e. The molecular weight excluding hydrogens is 150 g/mol. The Morgan fingerprint density at radius 3 is 2.56 bits per heavy atom. The highest BCUT2D eigenvalue weighted by Gasteiger charge is 2.14. The predicted molar refractivity (Wildman–Crippen MR) is 47.2 cm³/mol. The molecule has 2 atom stereocenters. The molecule has 0 saturated heterocycles. The number of nitrogens with zero attached hydrogens (tertiary/aromatic N) is 1. The summed E-state index contributed by atoms with van der Waals surface area (Å²) in [6, 6.07) is 0. The Morgan fingerprint density at radius 1 is 1.44 bits per heavy atom. The number of rotatable bonds is 0. The van der Waals surface area contributed by atoms with Gasteiger partial charge in [-0.05, 0) is 20.8 Å². The van der Waals surface area contributed by atoms with Gasteiger partial charge in [-0.1, -0.05) is 11.8 Å². The first-order valence-corrected chi connectivity index (χ1v) is 4.87. The van der Waals surface area contributed by atoms with Gasteiger partial charge in [0, 0.05) is 0 Å². The van der Waals surface area contributed by atoms with Crippen molar-refractivity contribution in [2.75, 3.05) is 0 Å². The van der Waals surface area contributed by atoms with Crippen LogP contribution in [0.4, 0.5) is 0 Å². The van der Waals surface area contributed by atoms with Gasteiger partial charge in [0.05, 0.1) is 15.0 Å². The highest BCUT2D eigenvalue weighted by Crippen LogP contribution is 2.33. The van der Waals surface area contributed by atoms with Crippen molar-refractivity contribution in [1.82, 2.24) is 0 Å². The molecule has 0 aromatic carbocycles. The molecule has 0 aromatic rings. The SMILES string of the molecule is CC1=NC(C)SC(C)S1. The quantitative estimate of drug-likeness (QED) is 0.541. The second-order valence-electron chi connectivity index (χ2n) is 2.07. The zero-order valence-electron chi connectivity index (χ0n) is 5.92. The summed E-state index contributed by atoms with van der Waals surface area (Å²) in [6.45, 7) is 6.45. The monoisotopic (exact) mass is 161 g/mol. The van der Waals surface area contributed by atoms with E-state index >= 15 is 0 Å². The zero-order chi connectivity index (χ0) is 6.85. The van der Waals surface area contributed by atoms with Gasteiger partial charge in [-0.25, -0.2) is 0 Å². The molecule has 0 aromatic heterocycles. The first-order valence-electron chi connectivity index (χ1n) is 3.05. The Bertz CT molecular complexity index is 133. The van der Waals surface area contributed by atoms with Crippen LogP contribution in [0.1, 0.15) is 20.8 Å². The Labute approximate surface area is 64.7 Å². The molecule has 1 nitrogen and oxygen atoms in total. The molecule has 3 heteroatoms. The molecule has 1 rings (SSSR count). The minimum Gasteiger partial charge on any atom is -0.269 e. The van der Waals surface area contributed by atoms with Crippen LogP contribution in [-0.2, 0) is 0 Å². The van der Waals surface area contributed by atoms with Crippen LogP contribution in [0.15, 0.2) is 4.99 Å². The largest absolute Gasteiger partial charge is 0.269 e. The van der Waals surface area contributed by atoms with Gasteiger partial charge in [-0.15, -0.1) is 11.8 Å². The third-order valence-corrected chi connectivity index (χ3v) is 3.37. The summed E-state index contributed by atoms with van der Waals surface area (Å²) in [5.74, 6) is 0. The molecule has 0 saturated carbocycles. The van der Waals surface area contributed by atoms with Crippen LogP contribution < -0.4 is 0 Å². The molecule has 0 bridgehead atoms. The van der Waals surface area contributed by atoms with Crippen LogP contribution >= 0.6 is 23.5 Å². The summed E-state index contributed by atoms with van der Waals surface area (Å²) < 4.78 is 0.692. The molecule has 52 valence electrons. The van der Waals surface area contributed by atoms with E-state index in [4.69, 9.17) is 0 Å². The number of hydrogen-bond acceptors (Lipinski definition) is 3. The van der Waals surface area contributed by atoms with Crippen molar-refractivity contribution in [1.29, 1.82) is 0 Å². The number of thioether (sulfide) groups is 2. The molecule has 0 amide bonds. The Kier molecular flexibility index (Phi) is 2.47. The lowest BCUT2D eigenvalue weighted by Crippen LogP contribution is -2.08. The Morgan fingerprint density at radius 2 is 2.11 bits per heavy atom. The van der Waals surface area contributed by atoms with Gasteiger partial charge in [0.15, 0.2) is 0 Å². The molecule has 1 aliphatic rings. The van der Waals surface area contributed by atoms with Crippen molar-refractivity contribution < 1.29 is 0 Å². The summed E-state index contributed by atoms with van der Waals surface area (Å²) in [4.78, 5) is 4.38. The Balaban J connectivity index is 2.56. The highest BCUT2D eigenvalue weighted by molar-refractivity contribution is 8.25. The molecule has 1 aliphatic heterocycles. The molecule has 2 unspecified atom stereocenters. The summed E-state index contributed by atoms with van der Waals surface area (Å²) in [6.07, 6.45) is 0. The second-order valence-corrected chi connectivity index (χ2v) is 5.56. The minimum absolute atomic E-state index is 0.473. The van der Waals surface area contributed by atoms with Crippen LogP contribution in [-0.4, -0.2) is 15.0 Å². The van der Waals surface area contributed by atoms with E-state index in [0.29, 0.717) is 9.96 Å². The van der Waals surface area contributed by atoms with Crippen LogP contribution in [0.2, 0.25) is 0 Å². The summed E-state index contributed by atoms with van der Waals surface area (Å²) in [5, 5.41) is 1.70. The van der Waals surface area contributed by atoms with Gasteiger partial charge in [0.25, 0.3) is 0 Å². The average Bonchev–Trinajstić information content (AvgIpc) is 1.59. The van der Waals surface area contributed by atoms with Crippen molar-refractivity contribution in [3.05, 3.63) is 0 Å². The van der Waals surface area contributed by atoms with Crippen LogP contribution in [0.25, 0.3) is 0 Å². The molecule has 0 N–H and O–H groups in total. The maximum Gasteiger partial charge on any atom is 0.0943 e. The van der Waals surface area contributed by atoms with Gasteiger partial charge >= 0.3 is 0 Å². The standard InChI is InChI=1S/C6H11NS2/c1-4-7-5(2)9-6(3)8-4/h4,6H,1-3H3. The van der Waals surface area contributed by atoms with E-state index in [2.05, 4.69) is 25.8 Å². The third kappa shape index (κ3) is 2.22. The van der Waals surface area contributed by atoms with Crippen LogP contribution in [0, 0.1) is 0 Å². The van der Waals surface area contributed by atoms with E-state index in [-0.39, 0.29) is 0 Å². The zero-order valence-corrected chi connectivity index (χ0v) is 7.55. The van der Waals surface area contributed by atoms with Gasteiger partial charge < -0.3 is 0 Å². The molecule has 0 spiro atoms. The summed E-state index contributed by atoms with van der Waals surface area (Å²) in [7, 11) is 0. The summed E-state index contributed by atoms with van der Waals surface area (Å²) in [5.41, 5.74) is 0. The molecule has 0 fully saturated rings. The normalized spacial score (nSPS) is 36.1. The second kappa shape index (κ2) is 2.97. The number of aliphatic imine (C=N–C) groups is 1. The van der Waals surface area contributed by atoms with Gasteiger partial charge in [0.2, 0.25) is 0 Å². The minimum atomic E-state index is 0.473. The fraction of sp³-hybridized carbons (Fsp3) is 0.833.